The summed E-state index contributed by atoms with van der Waals surface area (Å²) in [5.74, 6) is 0.0871. The number of alkyl halides is 1. The van der Waals surface area contributed by atoms with Gasteiger partial charge in [0.2, 0.25) is 0 Å². The second-order valence-electron chi connectivity index (χ2n) is 7.58. The second kappa shape index (κ2) is 8.74. The minimum absolute atomic E-state index is 0.0871. The summed E-state index contributed by atoms with van der Waals surface area (Å²) in [6.07, 6.45) is 7.14. The van der Waals surface area contributed by atoms with E-state index in [1.54, 1.807) is 48.7 Å². The number of nitrogens with one attached hydrogen (secondary N) is 1. The molecule has 4 aromatic rings. The highest BCUT2D eigenvalue weighted by Gasteiger charge is 2.22. The molecule has 1 aliphatic carbocycles. The van der Waals surface area contributed by atoms with Crippen molar-refractivity contribution in [2.75, 3.05) is 4.72 Å². The van der Waals surface area contributed by atoms with Gasteiger partial charge >= 0.3 is 0 Å². The first-order chi connectivity index (χ1) is 15.9. The number of benzene rings is 3. The number of sulfonamides is 1. The van der Waals surface area contributed by atoms with Crippen LogP contribution < -0.4 is 4.72 Å². The summed E-state index contributed by atoms with van der Waals surface area (Å²) in [5, 5.41) is 12.8. The molecule has 3 aromatic carbocycles. The number of allylic oxidation sites excluding steroid dienone is 3. The summed E-state index contributed by atoms with van der Waals surface area (Å²) in [4.78, 5) is 5.98. The SMILES string of the molecule is O=S(=O)(Nc1cc(Sc2cccc3cccnc23)c(O)c2ccccc12)C1=CC(Cl)CC=C1. The molecule has 0 aliphatic heterocycles. The van der Waals surface area contributed by atoms with E-state index in [1.165, 1.54) is 17.8 Å². The number of pyridine rings is 1. The first-order valence-corrected chi connectivity index (χ1v) is 13.0. The Kier molecular flexibility index (Phi) is 5.78. The van der Waals surface area contributed by atoms with Gasteiger partial charge in [-0.05, 0) is 36.8 Å². The highest BCUT2D eigenvalue weighted by Crippen LogP contribution is 2.44. The van der Waals surface area contributed by atoms with Gasteiger partial charge in [0.15, 0.2) is 0 Å². The molecule has 0 saturated heterocycles. The van der Waals surface area contributed by atoms with E-state index in [4.69, 9.17) is 11.6 Å². The van der Waals surface area contributed by atoms with Gasteiger partial charge in [0.05, 0.1) is 26.4 Å². The Morgan fingerprint density at radius 1 is 1.03 bits per heavy atom. The molecule has 1 aliphatic rings. The van der Waals surface area contributed by atoms with Crippen LogP contribution in [0.3, 0.4) is 0 Å². The third-order valence-corrected chi connectivity index (χ3v) is 8.11. The van der Waals surface area contributed by atoms with Gasteiger partial charge in [0, 0.05) is 27.3 Å². The van der Waals surface area contributed by atoms with Gasteiger partial charge in [0.25, 0.3) is 10.0 Å². The van der Waals surface area contributed by atoms with Gasteiger partial charge in [-0.3, -0.25) is 9.71 Å². The van der Waals surface area contributed by atoms with Crippen molar-refractivity contribution in [2.45, 2.75) is 21.6 Å². The van der Waals surface area contributed by atoms with Crippen molar-refractivity contribution in [1.29, 1.82) is 0 Å². The van der Waals surface area contributed by atoms with Crippen LogP contribution in [0.1, 0.15) is 6.42 Å². The van der Waals surface area contributed by atoms with Gasteiger partial charge in [-0.1, -0.05) is 60.3 Å². The van der Waals surface area contributed by atoms with Crippen LogP contribution in [-0.4, -0.2) is 23.9 Å². The number of hydrogen-bond acceptors (Lipinski definition) is 5. The Morgan fingerprint density at radius 2 is 1.82 bits per heavy atom. The van der Waals surface area contributed by atoms with E-state index in [2.05, 4.69) is 9.71 Å². The molecule has 33 heavy (non-hydrogen) atoms. The van der Waals surface area contributed by atoms with Crippen LogP contribution in [0.15, 0.2) is 99.8 Å². The molecule has 0 spiro atoms. The highest BCUT2D eigenvalue weighted by atomic mass is 35.5. The molecular weight excluding hydrogens is 476 g/mol. The Labute approximate surface area is 200 Å². The molecule has 1 atom stereocenters. The maximum Gasteiger partial charge on any atom is 0.261 e. The van der Waals surface area contributed by atoms with E-state index in [9.17, 15) is 13.5 Å². The van der Waals surface area contributed by atoms with Crippen LogP contribution in [-0.2, 0) is 10.0 Å². The number of halogens is 1. The molecule has 5 nitrogen and oxygen atoms in total. The molecule has 0 fully saturated rings. The third-order valence-electron chi connectivity index (χ3n) is 5.34. The number of para-hydroxylation sites is 1. The second-order valence-corrected chi connectivity index (χ2v) is 10.9. The minimum Gasteiger partial charge on any atom is -0.506 e. The molecule has 1 unspecified atom stereocenters. The summed E-state index contributed by atoms with van der Waals surface area (Å²) in [6.45, 7) is 0. The van der Waals surface area contributed by atoms with Gasteiger partial charge in [-0.15, -0.1) is 11.6 Å². The molecule has 5 rings (SSSR count). The van der Waals surface area contributed by atoms with Crippen molar-refractivity contribution in [3.8, 4) is 5.75 Å². The van der Waals surface area contributed by atoms with Crippen molar-refractivity contribution < 1.29 is 13.5 Å². The van der Waals surface area contributed by atoms with Crippen molar-refractivity contribution >= 4 is 60.7 Å². The number of aromatic nitrogens is 1. The highest BCUT2D eigenvalue weighted by molar-refractivity contribution is 7.99. The van der Waals surface area contributed by atoms with Gasteiger partial charge < -0.3 is 5.11 Å². The van der Waals surface area contributed by atoms with E-state index in [0.717, 1.165) is 15.8 Å². The predicted octanol–water partition coefficient (Wildman–Crippen LogP) is 6.44. The fraction of sp³-hybridized carbons (Fsp3) is 0.0800. The maximum atomic E-state index is 13.1. The molecule has 0 amide bonds. The number of phenolic OH excluding ortho intramolecular Hbond substituents is 1. The van der Waals surface area contributed by atoms with Gasteiger partial charge in [-0.25, -0.2) is 8.42 Å². The normalized spacial score (nSPS) is 16.2. The summed E-state index contributed by atoms with van der Waals surface area (Å²) >= 11 is 7.47. The Morgan fingerprint density at radius 3 is 2.64 bits per heavy atom. The summed E-state index contributed by atoms with van der Waals surface area (Å²) in [5.41, 5.74) is 1.19. The lowest BCUT2D eigenvalue weighted by Crippen LogP contribution is -2.17. The fourth-order valence-corrected chi connectivity index (χ4v) is 6.32. The monoisotopic (exact) mass is 494 g/mol. The van der Waals surface area contributed by atoms with E-state index in [-0.39, 0.29) is 16.0 Å². The van der Waals surface area contributed by atoms with Crippen molar-refractivity contribution in [3.05, 3.63) is 90.0 Å². The Balaban J connectivity index is 1.61. The van der Waals surface area contributed by atoms with Crippen LogP contribution in [0.4, 0.5) is 5.69 Å². The zero-order valence-electron chi connectivity index (χ0n) is 17.3. The predicted molar refractivity (Wildman–Crippen MR) is 136 cm³/mol. The molecule has 0 radical (unpaired) electrons. The molecule has 1 aromatic heterocycles. The lowest BCUT2D eigenvalue weighted by Gasteiger charge is -2.17. The minimum atomic E-state index is -3.86. The molecule has 0 bridgehead atoms. The van der Waals surface area contributed by atoms with Crippen molar-refractivity contribution in [1.82, 2.24) is 4.98 Å². The first-order valence-electron chi connectivity index (χ1n) is 10.2. The van der Waals surface area contributed by atoms with E-state index in [0.29, 0.717) is 27.8 Å². The molecule has 1 heterocycles. The third kappa shape index (κ3) is 4.31. The summed E-state index contributed by atoms with van der Waals surface area (Å²) in [6, 6.07) is 18.5. The quantitative estimate of drug-likeness (QED) is 0.246. The standard InChI is InChI=1S/C25H19ClN2O3S2/c26-17-8-4-9-18(14-17)33(30,31)28-21-15-23(25(29)20-11-2-1-10-19(20)21)32-22-12-3-6-16-7-5-13-27-24(16)22/h1-7,9-15,17,28-29H,8H2. The van der Waals surface area contributed by atoms with E-state index < -0.39 is 10.0 Å². The summed E-state index contributed by atoms with van der Waals surface area (Å²) in [7, 11) is -3.86. The van der Waals surface area contributed by atoms with Gasteiger partial charge in [-0.2, -0.15) is 0 Å². The number of aromatic hydroxyl groups is 1. The van der Waals surface area contributed by atoms with Crippen LogP contribution >= 0.6 is 23.4 Å². The molecule has 166 valence electrons. The zero-order chi connectivity index (χ0) is 23.0. The van der Waals surface area contributed by atoms with Crippen LogP contribution in [0.25, 0.3) is 21.7 Å². The number of hydrogen-bond donors (Lipinski definition) is 2. The fourth-order valence-electron chi connectivity index (χ4n) is 3.77. The number of fused-ring (bicyclic) bond motifs is 2. The van der Waals surface area contributed by atoms with Gasteiger partial charge in [0.1, 0.15) is 5.75 Å². The van der Waals surface area contributed by atoms with Crippen molar-refractivity contribution in [3.63, 3.8) is 0 Å². The smallest absolute Gasteiger partial charge is 0.261 e. The largest absolute Gasteiger partial charge is 0.506 e. The average Bonchev–Trinajstić information content (AvgIpc) is 2.82. The van der Waals surface area contributed by atoms with Crippen LogP contribution in [0.2, 0.25) is 0 Å². The summed E-state index contributed by atoms with van der Waals surface area (Å²) < 4.78 is 28.9. The zero-order valence-corrected chi connectivity index (χ0v) is 19.7. The topological polar surface area (TPSA) is 79.3 Å². The van der Waals surface area contributed by atoms with Crippen LogP contribution in [0.5, 0.6) is 5.75 Å². The maximum absolute atomic E-state index is 13.1. The number of phenols is 1. The van der Waals surface area contributed by atoms with E-state index >= 15 is 0 Å². The van der Waals surface area contributed by atoms with E-state index in [1.807, 2.05) is 30.3 Å². The Hall–Kier alpha value is -3.00. The van der Waals surface area contributed by atoms with Crippen molar-refractivity contribution in [2.24, 2.45) is 0 Å². The number of rotatable bonds is 5. The lowest BCUT2D eigenvalue weighted by atomic mass is 10.1. The molecule has 2 N–H and O–H groups in total. The molecular formula is C25H19ClN2O3S2. The Bertz CT molecular complexity index is 1540. The lowest BCUT2D eigenvalue weighted by molar-refractivity contribution is 0.469. The molecule has 0 saturated carbocycles. The average molecular weight is 495 g/mol. The number of anilines is 1. The first kappa shape index (κ1) is 21.8. The number of nitrogens with zero attached hydrogens (tertiary/aromatic N) is 1. The molecule has 8 heteroatoms. The van der Waals surface area contributed by atoms with Crippen LogP contribution in [0, 0.1) is 0 Å².